The van der Waals surface area contributed by atoms with E-state index < -0.39 is 28.5 Å². The SMILES string of the molecule is CNC(=O)C(C)N(Cc1ccc(C)cc1)C(=O)CN(c1cccc(Cl)c1)S(=O)(=O)c1ccc(OC)cc1. The molecule has 0 fully saturated rings. The molecule has 3 rings (SSSR count). The summed E-state index contributed by atoms with van der Waals surface area (Å²) < 4.78 is 33.6. The van der Waals surface area contributed by atoms with E-state index in [1.165, 1.54) is 49.4 Å². The van der Waals surface area contributed by atoms with Crippen LogP contribution in [0.25, 0.3) is 0 Å². The van der Waals surface area contributed by atoms with Gasteiger partial charge in [-0.2, -0.15) is 0 Å². The van der Waals surface area contributed by atoms with E-state index in [1.807, 2.05) is 31.2 Å². The smallest absolute Gasteiger partial charge is 0.264 e. The lowest BCUT2D eigenvalue weighted by molar-refractivity contribution is -0.139. The normalized spacial score (nSPS) is 11.9. The first-order valence-electron chi connectivity index (χ1n) is 11.6. The fourth-order valence-corrected chi connectivity index (χ4v) is 5.31. The summed E-state index contributed by atoms with van der Waals surface area (Å²) >= 11 is 6.17. The van der Waals surface area contributed by atoms with Crippen molar-refractivity contribution < 1.29 is 22.7 Å². The predicted octanol–water partition coefficient (Wildman–Crippen LogP) is 4.02. The molecule has 8 nitrogen and oxygen atoms in total. The summed E-state index contributed by atoms with van der Waals surface area (Å²) in [6, 6.07) is 18.9. The maximum absolute atomic E-state index is 13.7. The Kier molecular flexibility index (Phi) is 9.18. The van der Waals surface area contributed by atoms with E-state index in [4.69, 9.17) is 16.3 Å². The molecule has 2 amide bonds. The number of methoxy groups -OCH3 is 1. The third kappa shape index (κ3) is 6.81. The van der Waals surface area contributed by atoms with Gasteiger partial charge in [0.25, 0.3) is 10.0 Å². The van der Waals surface area contributed by atoms with Crippen LogP contribution in [0.2, 0.25) is 5.02 Å². The van der Waals surface area contributed by atoms with Gasteiger partial charge >= 0.3 is 0 Å². The molecule has 0 aliphatic rings. The average molecular weight is 544 g/mol. The van der Waals surface area contributed by atoms with Crippen LogP contribution in [-0.2, 0) is 26.2 Å². The van der Waals surface area contributed by atoms with Gasteiger partial charge in [-0.05, 0) is 61.9 Å². The number of carbonyl (C=O) groups is 2. The first-order chi connectivity index (χ1) is 17.6. The average Bonchev–Trinajstić information content (AvgIpc) is 2.90. The number of ether oxygens (including phenoxy) is 1. The Morgan fingerprint density at radius 1 is 1.03 bits per heavy atom. The summed E-state index contributed by atoms with van der Waals surface area (Å²) in [5.74, 6) is -0.422. The first-order valence-corrected chi connectivity index (χ1v) is 13.4. The summed E-state index contributed by atoms with van der Waals surface area (Å²) in [4.78, 5) is 27.6. The van der Waals surface area contributed by atoms with Crippen molar-refractivity contribution in [2.75, 3.05) is 25.0 Å². The van der Waals surface area contributed by atoms with E-state index in [0.717, 1.165) is 15.4 Å². The van der Waals surface area contributed by atoms with Crippen LogP contribution in [0.3, 0.4) is 0 Å². The number of aryl methyl sites for hydroxylation is 1. The highest BCUT2D eigenvalue weighted by Crippen LogP contribution is 2.27. The van der Waals surface area contributed by atoms with E-state index in [-0.39, 0.29) is 23.0 Å². The van der Waals surface area contributed by atoms with Gasteiger partial charge in [0, 0.05) is 18.6 Å². The zero-order chi connectivity index (χ0) is 27.2. The molecule has 0 spiro atoms. The van der Waals surface area contributed by atoms with Crippen molar-refractivity contribution in [3.05, 3.63) is 88.9 Å². The quantitative estimate of drug-likeness (QED) is 0.417. The Hall–Kier alpha value is -3.56. The van der Waals surface area contributed by atoms with E-state index in [0.29, 0.717) is 10.8 Å². The Balaban J connectivity index is 2.02. The number of nitrogens with zero attached hydrogens (tertiary/aromatic N) is 2. The topological polar surface area (TPSA) is 96.0 Å². The van der Waals surface area contributed by atoms with Crippen molar-refractivity contribution in [1.29, 1.82) is 0 Å². The van der Waals surface area contributed by atoms with Crippen molar-refractivity contribution in [1.82, 2.24) is 10.2 Å². The van der Waals surface area contributed by atoms with Gasteiger partial charge in [-0.25, -0.2) is 8.42 Å². The molecule has 0 aliphatic carbocycles. The molecule has 1 atom stereocenters. The van der Waals surface area contributed by atoms with Crippen LogP contribution in [-0.4, -0.2) is 51.9 Å². The summed E-state index contributed by atoms with van der Waals surface area (Å²) in [6.45, 7) is 3.14. The van der Waals surface area contributed by atoms with E-state index >= 15 is 0 Å². The molecule has 37 heavy (non-hydrogen) atoms. The third-order valence-corrected chi connectivity index (χ3v) is 7.93. The molecule has 3 aromatic rings. The molecule has 0 heterocycles. The molecule has 1 unspecified atom stereocenters. The Morgan fingerprint density at radius 2 is 1.68 bits per heavy atom. The lowest BCUT2D eigenvalue weighted by atomic mass is 10.1. The monoisotopic (exact) mass is 543 g/mol. The highest BCUT2D eigenvalue weighted by atomic mass is 35.5. The second-order valence-electron chi connectivity index (χ2n) is 8.46. The number of amides is 2. The van der Waals surface area contributed by atoms with Gasteiger partial charge in [0.1, 0.15) is 18.3 Å². The molecule has 10 heteroatoms. The number of halogens is 1. The highest BCUT2D eigenvalue weighted by molar-refractivity contribution is 7.92. The Morgan fingerprint density at radius 3 is 2.24 bits per heavy atom. The summed E-state index contributed by atoms with van der Waals surface area (Å²) in [5.41, 5.74) is 2.08. The van der Waals surface area contributed by atoms with Gasteiger partial charge in [0.05, 0.1) is 17.7 Å². The zero-order valence-electron chi connectivity index (χ0n) is 21.1. The van der Waals surface area contributed by atoms with Crippen molar-refractivity contribution in [2.24, 2.45) is 0 Å². The van der Waals surface area contributed by atoms with Crippen LogP contribution in [0.4, 0.5) is 5.69 Å². The van der Waals surface area contributed by atoms with Gasteiger partial charge in [0.2, 0.25) is 11.8 Å². The number of hydrogen-bond donors (Lipinski definition) is 1. The fourth-order valence-electron chi connectivity index (χ4n) is 3.72. The van der Waals surface area contributed by atoms with Crippen LogP contribution >= 0.6 is 11.6 Å². The van der Waals surface area contributed by atoms with E-state index in [2.05, 4.69) is 5.32 Å². The van der Waals surface area contributed by atoms with Gasteiger partial charge in [-0.15, -0.1) is 0 Å². The lowest BCUT2D eigenvalue weighted by Crippen LogP contribution is -2.50. The van der Waals surface area contributed by atoms with Gasteiger partial charge in [-0.3, -0.25) is 13.9 Å². The molecule has 0 saturated heterocycles. The lowest BCUT2D eigenvalue weighted by Gasteiger charge is -2.31. The summed E-state index contributed by atoms with van der Waals surface area (Å²) in [6.07, 6.45) is 0. The largest absolute Gasteiger partial charge is 0.497 e. The van der Waals surface area contributed by atoms with E-state index in [1.54, 1.807) is 25.1 Å². The van der Waals surface area contributed by atoms with E-state index in [9.17, 15) is 18.0 Å². The van der Waals surface area contributed by atoms with Crippen molar-refractivity contribution in [3.63, 3.8) is 0 Å². The van der Waals surface area contributed by atoms with Crippen molar-refractivity contribution >= 4 is 39.1 Å². The molecular weight excluding hydrogens is 514 g/mol. The van der Waals surface area contributed by atoms with Crippen LogP contribution < -0.4 is 14.4 Å². The molecule has 196 valence electrons. The number of nitrogens with one attached hydrogen (secondary N) is 1. The Bertz CT molecular complexity index is 1350. The minimum atomic E-state index is -4.18. The number of sulfonamides is 1. The molecule has 0 radical (unpaired) electrons. The number of anilines is 1. The Labute approximate surface area is 222 Å². The van der Waals surface area contributed by atoms with Crippen LogP contribution in [0.5, 0.6) is 5.75 Å². The molecule has 0 saturated carbocycles. The highest BCUT2D eigenvalue weighted by Gasteiger charge is 2.32. The van der Waals surface area contributed by atoms with Gasteiger partial charge < -0.3 is 15.0 Å². The van der Waals surface area contributed by atoms with Crippen molar-refractivity contribution in [2.45, 2.75) is 31.3 Å². The third-order valence-electron chi connectivity index (χ3n) is 5.91. The minimum Gasteiger partial charge on any atom is -0.497 e. The fraction of sp³-hybridized carbons (Fsp3) is 0.259. The molecule has 0 aliphatic heterocycles. The second-order valence-corrected chi connectivity index (χ2v) is 10.8. The second kappa shape index (κ2) is 12.1. The number of rotatable bonds is 10. The molecule has 0 bridgehead atoms. The number of benzene rings is 3. The number of likely N-dealkylation sites (N-methyl/N-ethyl adjacent to an activating group) is 1. The number of carbonyl (C=O) groups excluding carboxylic acids is 2. The maximum atomic E-state index is 13.7. The minimum absolute atomic E-state index is 0.0227. The predicted molar refractivity (Wildman–Crippen MR) is 144 cm³/mol. The summed E-state index contributed by atoms with van der Waals surface area (Å²) in [7, 11) is -1.21. The van der Waals surface area contributed by atoms with Crippen LogP contribution in [0, 0.1) is 6.92 Å². The molecule has 0 aromatic heterocycles. The van der Waals surface area contributed by atoms with Crippen LogP contribution in [0.15, 0.2) is 77.7 Å². The first kappa shape index (κ1) is 28.0. The van der Waals surface area contributed by atoms with Gasteiger partial charge in [-0.1, -0.05) is 47.5 Å². The van der Waals surface area contributed by atoms with Crippen molar-refractivity contribution in [3.8, 4) is 5.75 Å². The molecule has 3 aromatic carbocycles. The standard InChI is InChI=1S/C27H30ClN3O5S/c1-19-8-10-21(11-9-19)17-30(20(2)27(33)29-3)26(32)18-31(23-7-5-6-22(28)16-23)37(34,35)25-14-12-24(36-4)13-15-25/h5-16,20H,17-18H2,1-4H3,(H,29,33). The molecular formula is C27H30ClN3O5S. The number of hydrogen-bond acceptors (Lipinski definition) is 5. The van der Waals surface area contributed by atoms with Crippen LogP contribution in [0.1, 0.15) is 18.1 Å². The maximum Gasteiger partial charge on any atom is 0.264 e. The zero-order valence-corrected chi connectivity index (χ0v) is 22.7. The molecule has 1 N–H and O–H groups in total. The van der Waals surface area contributed by atoms with Gasteiger partial charge in [0.15, 0.2) is 0 Å². The summed E-state index contributed by atoms with van der Waals surface area (Å²) in [5, 5.41) is 2.88.